The number of anilines is 2. The highest BCUT2D eigenvalue weighted by Crippen LogP contribution is 2.43. The molecule has 4 rings (SSSR count). The molecular formula is C34H45N7O13. The lowest BCUT2D eigenvalue weighted by atomic mass is 9.91. The van der Waals surface area contributed by atoms with E-state index in [9.17, 15) is 44.3 Å². The maximum Gasteiger partial charge on any atom is 0.303 e. The first-order valence-corrected chi connectivity index (χ1v) is 17.1. The van der Waals surface area contributed by atoms with Gasteiger partial charge >= 0.3 is 5.97 Å². The monoisotopic (exact) mass is 759 g/mol. The Morgan fingerprint density at radius 2 is 1.61 bits per heavy atom. The number of nitro groups is 1. The fraction of sp³-hybridized carbons (Fsp3) is 0.500. The van der Waals surface area contributed by atoms with Crippen molar-refractivity contribution in [3.05, 3.63) is 69.8 Å². The number of nitrogens with zero attached hydrogens (tertiary/aromatic N) is 2. The number of hydrazine groups is 1. The SMILES string of the molecule is CC(=O)N[C@H]1C(O)O[C@H](COCCNC2c3ccccc3N([N+](=O)[O-])c3ccccc32)[C@@H](O)[C@@H]1OC(C)C(=O)N[C@@H](C)C(=O)N[C@H](CCC(=O)O)C(N)=O. The first-order valence-electron chi connectivity index (χ1n) is 17.1. The summed E-state index contributed by atoms with van der Waals surface area (Å²) >= 11 is 0. The van der Waals surface area contributed by atoms with E-state index in [-0.39, 0.29) is 26.2 Å². The molecule has 8 atom stereocenters. The maximum absolute atomic E-state index is 13.0. The first kappa shape index (κ1) is 41.5. The predicted molar refractivity (Wildman–Crippen MR) is 187 cm³/mol. The standard InChI is InChI=1S/C34H45N7O13/c1-17(32(47)39-22(31(35)46)12-13-26(43)44)37-33(48)18(2)53-30-28(38-19(3)42)34(49)54-25(29(30)45)16-52-15-14-36-27-20-8-4-6-10-23(20)40(41(50)51)24-11-7-5-9-21(24)27/h4-11,17-18,22,25,27-30,34,36,45,49H,12-16H2,1-3H3,(H2,35,46)(H,37,48)(H,38,42)(H,39,47)(H,43,44)/t17-,18?,22+,25+,28+,29+,30+,34?/m0/s1. The third kappa shape index (κ3) is 10.2. The maximum atomic E-state index is 13.0. The van der Waals surface area contributed by atoms with Gasteiger partial charge in [0, 0.05) is 31.0 Å². The van der Waals surface area contributed by atoms with Gasteiger partial charge < -0.3 is 56.5 Å². The Balaban J connectivity index is 1.35. The number of rotatable bonds is 18. The Labute approximate surface area is 309 Å². The van der Waals surface area contributed by atoms with Crippen LogP contribution in [0.1, 0.15) is 50.8 Å². The molecule has 2 unspecified atom stereocenters. The molecule has 1 fully saturated rings. The Bertz CT molecular complexity index is 1650. The summed E-state index contributed by atoms with van der Waals surface area (Å²) in [4.78, 5) is 72.2. The lowest BCUT2D eigenvalue weighted by Crippen LogP contribution is -2.66. The molecular weight excluding hydrogens is 714 g/mol. The molecule has 2 heterocycles. The van der Waals surface area contributed by atoms with Crippen molar-refractivity contribution in [1.29, 1.82) is 0 Å². The number of carboxylic acid groups (broad SMARTS) is 1. The Morgan fingerprint density at radius 3 is 2.17 bits per heavy atom. The summed E-state index contributed by atoms with van der Waals surface area (Å²) in [7, 11) is 0. The number of nitrogens with one attached hydrogen (secondary N) is 4. The van der Waals surface area contributed by atoms with Crippen molar-refractivity contribution in [2.45, 2.75) is 88.5 Å². The third-order valence-electron chi connectivity index (χ3n) is 8.84. The van der Waals surface area contributed by atoms with Crippen LogP contribution in [0.25, 0.3) is 0 Å². The molecule has 0 saturated carbocycles. The van der Waals surface area contributed by atoms with Crippen LogP contribution in [0.3, 0.4) is 0 Å². The van der Waals surface area contributed by atoms with Gasteiger partial charge in [-0.15, -0.1) is 0 Å². The van der Waals surface area contributed by atoms with E-state index >= 15 is 0 Å². The number of para-hydroxylation sites is 2. The van der Waals surface area contributed by atoms with Crippen molar-refractivity contribution in [2.24, 2.45) is 5.73 Å². The molecule has 0 radical (unpaired) electrons. The van der Waals surface area contributed by atoms with Gasteiger partial charge in [0.1, 0.15) is 53.9 Å². The van der Waals surface area contributed by atoms with Crippen LogP contribution in [0.4, 0.5) is 11.4 Å². The molecule has 294 valence electrons. The molecule has 20 nitrogen and oxygen atoms in total. The second-order valence-electron chi connectivity index (χ2n) is 12.8. The zero-order valence-electron chi connectivity index (χ0n) is 29.7. The van der Waals surface area contributed by atoms with Crippen LogP contribution < -0.4 is 32.0 Å². The van der Waals surface area contributed by atoms with E-state index in [1.54, 1.807) is 48.5 Å². The number of primary amides is 1. The minimum atomic E-state index is -1.69. The van der Waals surface area contributed by atoms with E-state index in [2.05, 4.69) is 21.3 Å². The number of hydrogen-bond acceptors (Lipinski definition) is 13. The zero-order valence-corrected chi connectivity index (χ0v) is 29.7. The van der Waals surface area contributed by atoms with Gasteiger partial charge in [0.15, 0.2) is 11.3 Å². The van der Waals surface area contributed by atoms with Gasteiger partial charge in [0.2, 0.25) is 23.6 Å². The van der Waals surface area contributed by atoms with Gasteiger partial charge in [0.05, 0.1) is 19.3 Å². The van der Waals surface area contributed by atoms with Crippen LogP contribution in [-0.4, -0.2) is 119 Å². The Kier molecular flexibility index (Phi) is 14.4. The summed E-state index contributed by atoms with van der Waals surface area (Å²) in [5.74, 6) is -4.42. The summed E-state index contributed by atoms with van der Waals surface area (Å²) in [5, 5.41) is 54.0. The summed E-state index contributed by atoms with van der Waals surface area (Å²) in [6.07, 6.45) is -7.87. The second kappa shape index (κ2) is 18.7. The highest BCUT2D eigenvalue weighted by atomic mass is 16.7. The molecule has 0 bridgehead atoms. The number of aliphatic hydroxyl groups is 2. The molecule has 2 aromatic rings. The topological polar surface area (TPSA) is 294 Å². The number of ether oxygens (including phenoxy) is 3. The van der Waals surface area contributed by atoms with E-state index in [1.807, 2.05) is 0 Å². The van der Waals surface area contributed by atoms with Gasteiger partial charge in [-0.2, -0.15) is 0 Å². The summed E-state index contributed by atoms with van der Waals surface area (Å²) in [5.41, 5.74) is 7.46. The summed E-state index contributed by atoms with van der Waals surface area (Å²) in [6.45, 7) is 3.87. The lowest BCUT2D eigenvalue weighted by molar-refractivity contribution is -0.483. The average molecular weight is 760 g/mol. The number of carbonyl (C=O) groups excluding carboxylic acids is 4. The summed E-state index contributed by atoms with van der Waals surface area (Å²) < 4.78 is 17.2. The van der Waals surface area contributed by atoms with E-state index in [0.717, 1.165) is 5.01 Å². The largest absolute Gasteiger partial charge is 0.481 e. The normalized spacial score (nSPS) is 22.5. The van der Waals surface area contributed by atoms with E-state index in [1.165, 1.54) is 20.8 Å². The van der Waals surface area contributed by atoms with Gasteiger partial charge in [0.25, 0.3) is 0 Å². The molecule has 2 aliphatic heterocycles. The molecule has 4 amide bonds. The average Bonchev–Trinajstić information content (AvgIpc) is 3.11. The third-order valence-corrected chi connectivity index (χ3v) is 8.84. The highest BCUT2D eigenvalue weighted by molar-refractivity contribution is 5.92. The van der Waals surface area contributed by atoms with Gasteiger partial charge in [-0.25, -0.2) is 10.1 Å². The zero-order chi connectivity index (χ0) is 39.7. The molecule has 2 aromatic carbocycles. The molecule has 20 heteroatoms. The van der Waals surface area contributed by atoms with Crippen molar-refractivity contribution in [1.82, 2.24) is 21.3 Å². The fourth-order valence-electron chi connectivity index (χ4n) is 6.18. The quantitative estimate of drug-likeness (QED) is 0.0499. The molecule has 9 N–H and O–H groups in total. The number of aliphatic hydroxyl groups excluding tert-OH is 2. The molecule has 0 aromatic heterocycles. The molecule has 0 spiro atoms. The fourth-order valence-corrected chi connectivity index (χ4v) is 6.18. The molecule has 0 aliphatic carbocycles. The van der Waals surface area contributed by atoms with Gasteiger partial charge in [-0.3, -0.25) is 24.0 Å². The minimum absolute atomic E-state index is 0.0782. The van der Waals surface area contributed by atoms with Gasteiger partial charge in [-0.05, 0) is 32.4 Å². The number of carboxylic acids is 1. The van der Waals surface area contributed by atoms with Gasteiger partial charge in [-0.1, -0.05) is 41.4 Å². The number of amides is 4. The van der Waals surface area contributed by atoms with Crippen molar-refractivity contribution < 1.29 is 58.5 Å². The number of benzene rings is 2. The van der Waals surface area contributed by atoms with Crippen molar-refractivity contribution in [3.63, 3.8) is 0 Å². The highest BCUT2D eigenvalue weighted by Gasteiger charge is 2.47. The van der Waals surface area contributed by atoms with Crippen molar-refractivity contribution >= 4 is 41.0 Å². The van der Waals surface area contributed by atoms with Crippen LogP contribution in [0.15, 0.2) is 48.5 Å². The van der Waals surface area contributed by atoms with Crippen LogP contribution in [-0.2, 0) is 38.2 Å². The first-order chi connectivity index (χ1) is 25.6. The number of carbonyl (C=O) groups is 5. The Hall–Kier alpha value is -5.25. The number of hydrogen-bond donors (Lipinski definition) is 8. The van der Waals surface area contributed by atoms with Crippen molar-refractivity contribution in [3.8, 4) is 0 Å². The minimum Gasteiger partial charge on any atom is -0.481 e. The van der Waals surface area contributed by atoms with Crippen LogP contribution >= 0.6 is 0 Å². The van der Waals surface area contributed by atoms with E-state index in [4.69, 9.17) is 25.1 Å². The van der Waals surface area contributed by atoms with Crippen molar-refractivity contribution in [2.75, 3.05) is 24.8 Å². The number of nitrogens with two attached hydrogens (primary N) is 1. The second-order valence-corrected chi connectivity index (χ2v) is 12.8. The van der Waals surface area contributed by atoms with E-state index in [0.29, 0.717) is 22.5 Å². The van der Waals surface area contributed by atoms with E-state index < -0.39 is 95.9 Å². The number of aliphatic carboxylic acids is 1. The smallest absolute Gasteiger partial charge is 0.303 e. The molecule has 1 saturated heterocycles. The predicted octanol–water partition coefficient (Wildman–Crippen LogP) is -1.28. The van der Waals surface area contributed by atoms with Crippen LogP contribution in [0.2, 0.25) is 0 Å². The lowest BCUT2D eigenvalue weighted by Gasteiger charge is -2.43. The Morgan fingerprint density at radius 1 is 1.00 bits per heavy atom. The molecule has 54 heavy (non-hydrogen) atoms. The van der Waals surface area contributed by atoms with Crippen LogP contribution in [0, 0.1) is 10.1 Å². The summed E-state index contributed by atoms with van der Waals surface area (Å²) in [6, 6.07) is 9.65. The number of fused-ring (bicyclic) bond motifs is 2. The molecule has 2 aliphatic rings. The van der Waals surface area contributed by atoms with Crippen LogP contribution in [0.5, 0.6) is 0 Å².